The van der Waals surface area contributed by atoms with Crippen LogP contribution in [-0.2, 0) is 0 Å². The van der Waals surface area contributed by atoms with Crippen LogP contribution < -0.4 is 11.5 Å². The Kier molecular flexibility index (Phi) is 3.65. The van der Waals surface area contributed by atoms with Crippen LogP contribution in [0.2, 0.25) is 0 Å². The van der Waals surface area contributed by atoms with Crippen LogP contribution in [0.25, 0.3) is 0 Å². The van der Waals surface area contributed by atoms with Crippen molar-refractivity contribution >= 4 is 11.6 Å². The molecule has 4 heteroatoms. The van der Waals surface area contributed by atoms with Gasteiger partial charge in [0.25, 0.3) is 0 Å². The highest BCUT2D eigenvalue weighted by Crippen LogP contribution is 2.27. The third-order valence-corrected chi connectivity index (χ3v) is 3.08. The van der Waals surface area contributed by atoms with Gasteiger partial charge in [-0.2, -0.15) is 0 Å². The Bertz CT molecular complexity index is 397. The van der Waals surface area contributed by atoms with Crippen molar-refractivity contribution in [2.24, 2.45) is 11.1 Å². The first-order valence-corrected chi connectivity index (χ1v) is 5.41. The predicted molar refractivity (Wildman–Crippen MR) is 65.2 cm³/mol. The van der Waals surface area contributed by atoms with E-state index in [2.05, 4.69) is 4.98 Å². The van der Waals surface area contributed by atoms with Gasteiger partial charge in [-0.15, -0.1) is 0 Å². The highest BCUT2D eigenvalue weighted by atomic mass is 16.1. The topological polar surface area (TPSA) is 82.0 Å². The zero-order valence-electron chi connectivity index (χ0n) is 10.1. The largest absolute Gasteiger partial charge is 0.383 e. The number of aryl methyl sites for hydroxylation is 1. The molecule has 0 aliphatic heterocycles. The fourth-order valence-corrected chi connectivity index (χ4v) is 1.48. The predicted octanol–water partition coefficient (Wildman–Crippen LogP) is 1.53. The maximum atomic E-state index is 12.3. The zero-order chi connectivity index (χ0) is 12.3. The molecule has 0 bridgehead atoms. The number of Topliss-reactive ketones (excluding diaryl/α,β-unsaturated/α-hetero) is 1. The summed E-state index contributed by atoms with van der Waals surface area (Å²) in [6.45, 7) is 6.01. The fourth-order valence-electron chi connectivity index (χ4n) is 1.48. The van der Waals surface area contributed by atoms with E-state index < -0.39 is 5.41 Å². The van der Waals surface area contributed by atoms with E-state index in [-0.39, 0.29) is 11.6 Å². The van der Waals surface area contributed by atoms with Crippen molar-refractivity contribution < 1.29 is 4.79 Å². The van der Waals surface area contributed by atoms with E-state index in [0.717, 1.165) is 5.56 Å². The molecule has 4 nitrogen and oxygen atoms in total. The molecule has 1 unspecified atom stereocenters. The second kappa shape index (κ2) is 4.61. The van der Waals surface area contributed by atoms with Gasteiger partial charge in [0.15, 0.2) is 5.78 Å². The van der Waals surface area contributed by atoms with Crippen molar-refractivity contribution in [1.82, 2.24) is 4.98 Å². The number of ketones is 1. The number of nitrogen functional groups attached to an aromatic ring is 1. The molecule has 0 aliphatic rings. The minimum Gasteiger partial charge on any atom is -0.383 e. The highest BCUT2D eigenvalue weighted by molar-refractivity contribution is 6.03. The fraction of sp³-hybridized carbons (Fsp3) is 0.500. The molecular formula is C12H19N3O. The van der Waals surface area contributed by atoms with Gasteiger partial charge < -0.3 is 11.5 Å². The molecule has 0 saturated carbocycles. The molecule has 1 atom stereocenters. The first kappa shape index (κ1) is 12.6. The second-order valence-electron chi connectivity index (χ2n) is 4.39. The maximum Gasteiger partial charge on any atom is 0.173 e. The Labute approximate surface area is 96.0 Å². The Morgan fingerprint density at radius 1 is 1.56 bits per heavy atom. The van der Waals surface area contributed by atoms with Crippen LogP contribution in [0.15, 0.2) is 12.3 Å². The van der Waals surface area contributed by atoms with Crippen LogP contribution in [0.4, 0.5) is 5.82 Å². The Hall–Kier alpha value is -1.42. The molecule has 1 aromatic rings. The highest BCUT2D eigenvalue weighted by Gasteiger charge is 2.32. The molecule has 4 N–H and O–H groups in total. The summed E-state index contributed by atoms with van der Waals surface area (Å²) in [6, 6.07) is 1.77. The summed E-state index contributed by atoms with van der Waals surface area (Å²) in [4.78, 5) is 16.3. The average Bonchev–Trinajstić information content (AvgIpc) is 2.30. The van der Waals surface area contributed by atoms with Gasteiger partial charge in [-0.3, -0.25) is 4.79 Å². The number of carbonyl (C=O) groups is 1. The quantitative estimate of drug-likeness (QED) is 0.755. The number of hydrogen-bond acceptors (Lipinski definition) is 4. The van der Waals surface area contributed by atoms with E-state index in [1.165, 1.54) is 0 Å². The molecule has 0 fully saturated rings. The number of aromatic nitrogens is 1. The molecule has 0 radical (unpaired) electrons. The molecule has 0 saturated heterocycles. The van der Waals surface area contributed by atoms with Crippen molar-refractivity contribution in [3.63, 3.8) is 0 Å². The number of hydrogen-bond donors (Lipinski definition) is 2. The summed E-state index contributed by atoms with van der Waals surface area (Å²) >= 11 is 0. The van der Waals surface area contributed by atoms with E-state index >= 15 is 0 Å². The number of nitrogens with zero attached hydrogens (tertiary/aromatic N) is 1. The van der Waals surface area contributed by atoms with E-state index in [0.29, 0.717) is 18.5 Å². The summed E-state index contributed by atoms with van der Waals surface area (Å²) in [5, 5.41) is 0. The van der Waals surface area contributed by atoms with Gasteiger partial charge in [0.05, 0.1) is 5.56 Å². The summed E-state index contributed by atoms with van der Waals surface area (Å²) in [5.41, 5.74) is 12.2. The lowest BCUT2D eigenvalue weighted by Gasteiger charge is -2.25. The third-order valence-electron chi connectivity index (χ3n) is 3.08. The number of nitrogens with two attached hydrogens (primary N) is 2. The van der Waals surface area contributed by atoms with Gasteiger partial charge in [0, 0.05) is 18.2 Å². The zero-order valence-corrected chi connectivity index (χ0v) is 10.1. The maximum absolute atomic E-state index is 12.3. The molecule has 0 amide bonds. The smallest absolute Gasteiger partial charge is 0.173 e. The van der Waals surface area contributed by atoms with Crippen molar-refractivity contribution in [2.45, 2.75) is 27.2 Å². The number of anilines is 1. The Balaban J connectivity index is 3.18. The molecule has 88 valence electrons. The molecular weight excluding hydrogens is 202 g/mol. The van der Waals surface area contributed by atoms with Gasteiger partial charge in [0.1, 0.15) is 5.82 Å². The first-order chi connectivity index (χ1) is 7.44. The van der Waals surface area contributed by atoms with E-state index in [1.54, 1.807) is 12.3 Å². The third kappa shape index (κ3) is 2.22. The SMILES string of the molecule is CCC(C)(CN)C(=O)c1cc(C)cnc1N. The molecule has 1 heterocycles. The lowest BCUT2D eigenvalue weighted by molar-refractivity contribution is 0.0821. The molecule has 0 aliphatic carbocycles. The van der Waals surface area contributed by atoms with Gasteiger partial charge in [-0.25, -0.2) is 4.98 Å². The van der Waals surface area contributed by atoms with Crippen molar-refractivity contribution in [3.8, 4) is 0 Å². The van der Waals surface area contributed by atoms with Crippen molar-refractivity contribution in [2.75, 3.05) is 12.3 Å². The minimum absolute atomic E-state index is 0.0220. The van der Waals surface area contributed by atoms with Gasteiger partial charge in [-0.1, -0.05) is 13.8 Å². The van der Waals surface area contributed by atoms with E-state index in [4.69, 9.17) is 11.5 Å². The second-order valence-corrected chi connectivity index (χ2v) is 4.39. The number of carbonyl (C=O) groups excluding carboxylic acids is 1. The van der Waals surface area contributed by atoms with E-state index in [9.17, 15) is 4.79 Å². The molecule has 0 spiro atoms. The monoisotopic (exact) mass is 221 g/mol. The van der Waals surface area contributed by atoms with Crippen molar-refractivity contribution in [3.05, 3.63) is 23.4 Å². The van der Waals surface area contributed by atoms with Crippen LogP contribution in [0.1, 0.15) is 36.2 Å². The molecule has 1 aromatic heterocycles. The number of pyridine rings is 1. The lowest BCUT2D eigenvalue weighted by atomic mass is 9.80. The molecule has 16 heavy (non-hydrogen) atoms. The standard InChI is InChI=1S/C12H19N3O/c1-4-12(3,7-13)10(16)9-5-8(2)6-15-11(9)14/h5-6H,4,7,13H2,1-3H3,(H2,14,15). The van der Waals surface area contributed by atoms with Gasteiger partial charge in [-0.05, 0) is 25.0 Å². The van der Waals surface area contributed by atoms with E-state index in [1.807, 2.05) is 20.8 Å². The van der Waals surface area contributed by atoms with Gasteiger partial charge in [0.2, 0.25) is 0 Å². The van der Waals surface area contributed by atoms with Crippen LogP contribution in [-0.4, -0.2) is 17.3 Å². The normalized spacial score (nSPS) is 14.5. The Morgan fingerprint density at radius 2 is 2.19 bits per heavy atom. The van der Waals surface area contributed by atoms with Crippen LogP contribution in [0.5, 0.6) is 0 Å². The molecule has 1 rings (SSSR count). The lowest BCUT2D eigenvalue weighted by Crippen LogP contribution is -2.35. The first-order valence-electron chi connectivity index (χ1n) is 5.41. The van der Waals surface area contributed by atoms with Crippen LogP contribution in [0.3, 0.4) is 0 Å². The minimum atomic E-state index is -0.552. The average molecular weight is 221 g/mol. The van der Waals surface area contributed by atoms with Crippen LogP contribution in [0, 0.1) is 12.3 Å². The van der Waals surface area contributed by atoms with Gasteiger partial charge >= 0.3 is 0 Å². The van der Waals surface area contributed by atoms with Crippen LogP contribution >= 0.6 is 0 Å². The molecule has 0 aromatic carbocycles. The van der Waals surface area contributed by atoms with Crippen molar-refractivity contribution in [1.29, 1.82) is 0 Å². The summed E-state index contributed by atoms with van der Waals surface area (Å²) < 4.78 is 0. The summed E-state index contributed by atoms with van der Waals surface area (Å²) in [6.07, 6.45) is 2.34. The Morgan fingerprint density at radius 3 is 2.69 bits per heavy atom. The number of rotatable bonds is 4. The summed E-state index contributed by atoms with van der Waals surface area (Å²) in [7, 11) is 0. The summed E-state index contributed by atoms with van der Waals surface area (Å²) in [5.74, 6) is 0.259.